The molecule has 2 heterocycles. The Kier molecular flexibility index (Phi) is 4.04. The van der Waals surface area contributed by atoms with Crippen molar-refractivity contribution in [2.75, 3.05) is 23.4 Å². The number of nitrogens with zero attached hydrogens (tertiary/aromatic N) is 2. The normalized spacial score (nSPS) is 30.5. The second kappa shape index (κ2) is 6.22. The zero-order valence-corrected chi connectivity index (χ0v) is 16.4. The molecule has 1 aromatic rings. The Morgan fingerprint density at radius 3 is 2.70 bits per heavy atom. The van der Waals surface area contributed by atoms with Gasteiger partial charge in [0.05, 0.1) is 23.2 Å². The number of carbonyl (C=O) groups is 1. The van der Waals surface area contributed by atoms with Gasteiger partial charge in [-0.15, -0.1) is 0 Å². The fraction of sp³-hybridized carbons (Fsp3) is 0.789. The van der Waals surface area contributed by atoms with Crippen molar-refractivity contribution in [3.63, 3.8) is 0 Å². The Morgan fingerprint density at radius 2 is 2.04 bits per heavy atom. The van der Waals surface area contributed by atoms with E-state index in [1.807, 2.05) is 6.07 Å². The molecule has 0 radical (unpaired) electrons. The highest BCUT2D eigenvalue weighted by Gasteiger charge is 2.51. The first-order chi connectivity index (χ1) is 12.9. The molecule has 4 fully saturated rings. The maximum Gasteiger partial charge on any atom is 0.320 e. The van der Waals surface area contributed by atoms with Gasteiger partial charge in [0.15, 0.2) is 9.84 Å². The quantitative estimate of drug-likeness (QED) is 0.806. The van der Waals surface area contributed by atoms with E-state index in [-0.39, 0.29) is 23.6 Å². The predicted molar refractivity (Wildman–Crippen MR) is 103 cm³/mol. The Bertz CT molecular complexity index is 854. The number of aromatic nitrogens is 2. The zero-order valence-electron chi connectivity index (χ0n) is 15.6. The van der Waals surface area contributed by atoms with Crippen molar-refractivity contribution in [3.05, 3.63) is 11.8 Å². The fourth-order valence-corrected chi connectivity index (χ4v) is 6.75. The first kappa shape index (κ1) is 17.5. The van der Waals surface area contributed by atoms with Crippen molar-refractivity contribution in [1.82, 2.24) is 15.1 Å². The highest BCUT2D eigenvalue weighted by atomic mass is 32.2. The van der Waals surface area contributed by atoms with Gasteiger partial charge in [0, 0.05) is 18.5 Å². The van der Waals surface area contributed by atoms with Gasteiger partial charge in [0.2, 0.25) is 0 Å². The summed E-state index contributed by atoms with van der Waals surface area (Å²) in [7, 11) is -3.00. The third kappa shape index (κ3) is 3.48. The molecule has 0 aromatic carbocycles. The van der Waals surface area contributed by atoms with Crippen LogP contribution in [0.4, 0.5) is 10.6 Å². The second-order valence-corrected chi connectivity index (χ2v) is 11.2. The largest absolute Gasteiger partial charge is 0.338 e. The molecule has 2 N–H and O–H groups in total. The van der Waals surface area contributed by atoms with E-state index in [0.29, 0.717) is 29.5 Å². The summed E-state index contributed by atoms with van der Waals surface area (Å²) in [5, 5.41) is 10.6. The minimum atomic E-state index is -3.00. The first-order valence-corrected chi connectivity index (χ1v) is 12.1. The molecular formula is C19H28N4O3S. The van der Waals surface area contributed by atoms with E-state index < -0.39 is 9.84 Å². The van der Waals surface area contributed by atoms with Gasteiger partial charge < -0.3 is 5.32 Å². The van der Waals surface area contributed by atoms with Crippen molar-refractivity contribution in [3.8, 4) is 0 Å². The van der Waals surface area contributed by atoms with Crippen LogP contribution >= 0.6 is 0 Å². The number of hydrogen-bond acceptors (Lipinski definition) is 4. The van der Waals surface area contributed by atoms with Crippen LogP contribution in [0.1, 0.15) is 69.0 Å². The lowest BCUT2D eigenvalue weighted by atomic mass is 9.93. The van der Waals surface area contributed by atoms with Gasteiger partial charge >= 0.3 is 6.03 Å². The summed E-state index contributed by atoms with van der Waals surface area (Å²) in [6.45, 7) is 0.729. The molecule has 1 aromatic heterocycles. The Labute approximate surface area is 160 Å². The van der Waals surface area contributed by atoms with E-state index >= 15 is 0 Å². The van der Waals surface area contributed by atoms with Gasteiger partial charge in [-0.25, -0.2) is 17.9 Å². The van der Waals surface area contributed by atoms with Gasteiger partial charge in [0.1, 0.15) is 5.82 Å². The lowest BCUT2D eigenvalue weighted by molar-refractivity contribution is 0.247. The van der Waals surface area contributed by atoms with Crippen LogP contribution in [0.3, 0.4) is 0 Å². The molecule has 0 bridgehead atoms. The molecule has 3 saturated carbocycles. The monoisotopic (exact) mass is 392 g/mol. The van der Waals surface area contributed by atoms with Crippen LogP contribution in [-0.2, 0) is 9.84 Å². The summed E-state index contributed by atoms with van der Waals surface area (Å²) in [6, 6.07) is 1.55. The van der Waals surface area contributed by atoms with Crippen LogP contribution in [0, 0.1) is 11.3 Å². The number of amides is 2. The molecule has 2 atom stereocenters. The van der Waals surface area contributed by atoms with Crippen molar-refractivity contribution in [2.24, 2.45) is 11.3 Å². The highest BCUT2D eigenvalue weighted by molar-refractivity contribution is 7.91. The molecule has 148 valence electrons. The average Bonchev–Trinajstić information content (AvgIpc) is 3.48. The molecule has 3 aliphatic carbocycles. The maximum atomic E-state index is 12.5. The van der Waals surface area contributed by atoms with E-state index in [0.717, 1.165) is 25.1 Å². The van der Waals surface area contributed by atoms with Crippen molar-refractivity contribution in [2.45, 2.75) is 63.3 Å². The van der Waals surface area contributed by atoms with Crippen LogP contribution in [0.15, 0.2) is 6.07 Å². The summed E-state index contributed by atoms with van der Waals surface area (Å²) in [5.41, 5.74) is 1.49. The summed E-state index contributed by atoms with van der Waals surface area (Å²) in [6.07, 6.45) is 9.24. The van der Waals surface area contributed by atoms with E-state index in [1.165, 1.54) is 32.1 Å². The number of anilines is 1. The maximum absolute atomic E-state index is 12.5. The number of rotatable bonds is 5. The molecule has 7 nitrogen and oxygen atoms in total. The van der Waals surface area contributed by atoms with Crippen LogP contribution in [0.25, 0.3) is 0 Å². The summed E-state index contributed by atoms with van der Waals surface area (Å²) >= 11 is 0. The van der Waals surface area contributed by atoms with Crippen LogP contribution in [-0.4, -0.2) is 42.3 Å². The molecule has 1 saturated heterocycles. The van der Waals surface area contributed by atoms with E-state index in [1.54, 1.807) is 4.68 Å². The minimum Gasteiger partial charge on any atom is -0.338 e. The second-order valence-electron chi connectivity index (χ2n) is 9.02. The number of urea groups is 1. The number of carbonyl (C=O) groups excluding carboxylic acids is 1. The van der Waals surface area contributed by atoms with E-state index in [2.05, 4.69) is 15.7 Å². The minimum absolute atomic E-state index is 0.111. The smallest absolute Gasteiger partial charge is 0.320 e. The average molecular weight is 393 g/mol. The van der Waals surface area contributed by atoms with Crippen LogP contribution in [0.2, 0.25) is 0 Å². The number of nitrogens with one attached hydrogen (secondary N) is 2. The van der Waals surface area contributed by atoms with Gasteiger partial charge in [-0.05, 0) is 56.3 Å². The SMILES string of the molecule is O=C(NCC1CCCC12CC2)Nc1cc(C2CC2)nn1C1CCS(=O)(=O)C1. The third-order valence-electron chi connectivity index (χ3n) is 7.04. The van der Waals surface area contributed by atoms with Gasteiger partial charge in [-0.3, -0.25) is 5.32 Å². The molecule has 2 unspecified atom stereocenters. The Balaban J connectivity index is 1.27. The van der Waals surface area contributed by atoms with E-state index in [9.17, 15) is 13.2 Å². The topological polar surface area (TPSA) is 93.1 Å². The summed E-state index contributed by atoms with van der Waals surface area (Å²) in [4.78, 5) is 12.5. The molecular weight excluding hydrogens is 364 g/mol. The van der Waals surface area contributed by atoms with E-state index in [4.69, 9.17) is 0 Å². The lowest BCUT2D eigenvalue weighted by Gasteiger charge is -2.19. The Hall–Kier alpha value is -1.57. The number of sulfone groups is 1. The summed E-state index contributed by atoms with van der Waals surface area (Å²) in [5.74, 6) is 2.01. The zero-order chi connectivity index (χ0) is 18.6. The molecule has 5 rings (SSSR count). The standard InChI is InChI=1S/C19H28N4O3S/c24-18(20-11-14-2-1-6-19(14)7-8-19)21-17-10-16(13-3-4-13)22-23(17)15-5-9-27(25,26)12-15/h10,13-15H,1-9,11-12H2,(H2,20,21,24). The first-order valence-electron chi connectivity index (χ1n) is 10.3. The molecule has 8 heteroatoms. The third-order valence-corrected chi connectivity index (χ3v) is 8.79. The molecule has 1 aliphatic heterocycles. The van der Waals surface area contributed by atoms with Gasteiger partial charge in [0.25, 0.3) is 0 Å². The Morgan fingerprint density at radius 1 is 1.22 bits per heavy atom. The fourth-order valence-electron chi connectivity index (χ4n) is 5.06. The summed E-state index contributed by atoms with van der Waals surface area (Å²) < 4.78 is 25.5. The molecule has 1 spiro atoms. The van der Waals surface area contributed by atoms with Crippen molar-refractivity contribution in [1.29, 1.82) is 0 Å². The van der Waals surface area contributed by atoms with Crippen LogP contribution < -0.4 is 10.6 Å². The van der Waals surface area contributed by atoms with Crippen LogP contribution in [0.5, 0.6) is 0 Å². The van der Waals surface area contributed by atoms with Gasteiger partial charge in [-0.1, -0.05) is 6.42 Å². The van der Waals surface area contributed by atoms with Gasteiger partial charge in [-0.2, -0.15) is 5.10 Å². The van der Waals surface area contributed by atoms with Crippen molar-refractivity contribution < 1.29 is 13.2 Å². The van der Waals surface area contributed by atoms with Crippen molar-refractivity contribution >= 4 is 21.7 Å². The lowest BCUT2D eigenvalue weighted by Crippen LogP contribution is -2.35. The number of hydrogen-bond donors (Lipinski definition) is 2. The molecule has 2 amide bonds. The molecule has 27 heavy (non-hydrogen) atoms. The predicted octanol–water partition coefficient (Wildman–Crippen LogP) is 2.82. The highest BCUT2D eigenvalue weighted by Crippen LogP contribution is 2.61. The molecule has 4 aliphatic rings.